The Hall–Kier alpha value is -1.85. The van der Waals surface area contributed by atoms with E-state index < -0.39 is 5.97 Å². The zero-order valence-electron chi connectivity index (χ0n) is 10.7. The van der Waals surface area contributed by atoms with Crippen LogP contribution >= 0.6 is 0 Å². The minimum Gasteiger partial charge on any atom is -0.481 e. The van der Waals surface area contributed by atoms with Crippen molar-refractivity contribution in [2.45, 2.75) is 31.7 Å². The summed E-state index contributed by atoms with van der Waals surface area (Å²) < 4.78 is 0. The van der Waals surface area contributed by atoms with Crippen molar-refractivity contribution in [1.29, 1.82) is 0 Å². The zero-order valence-corrected chi connectivity index (χ0v) is 10.7. The molecule has 1 aliphatic carbocycles. The molecule has 102 valence electrons. The molecule has 1 unspecified atom stereocenters. The lowest BCUT2D eigenvalue weighted by Crippen LogP contribution is -2.28. The maximum absolute atomic E-state index is 11.0. The molecule has 1 atom stereocenters. The van der Waals surface area contributed by atoms with Crippen LogP contribution in [0.2, 0.25) is 0 Å². The van der Waals surface area contributed by atoms with Crippen molar-refractivity contribution in [1.82, 2.24) is 9.97 Å². The van der Waals surface area contributed by atoms with Gasteiger partial charge >= 0.3 is 5.97 Å². The summed E-state index contributed by atoms with van der Waals surface area (Å²) in [7, 11) is 0. The summed E-state index contributed by atoms with van der Waals surface area (Å²) in [5, 5.41) is 12.4. The Balaban J connectivity index is 1.67. The summed E-state index contributed by atoms with van der Waals surface area (Å²) in [6, 6.07) is 2.45. The molecule has 1 saturated carbocycles. The fourth-order valence-electron chi connectivity index (χ4n) is 2.53. The largest absolute Gasteiger partial charge is 0.481 e. The first-order chi connectivity index (χ1) is 9.22. The number of anilines is 2. The second-order valence-electron chi connectivity index (χ2n) is 5.30. The number of nitrogens with zero attached hydrogens (tertiary/aromatic N) is 3. The summed E-state index contributed by atoms with van der Waals surface area (Å²) in [5.41, 5.74) is 0. The van der Waals surface area contributed by atoms with Crippen molar-refractivity contribution >= 4 is 17.6 Å². The van der Waals surface area contributed by atoms with Gasteiger partial charge in [-0.25, -0.2) is 9.97 Å². The smallest absolute Gasteiger partial charge is 0.308 e. The molecule has 2 fully saturated rings. The molecule has 19 heavy (non-hydrogen) atoms. The first-order valence-electron chi connectivity index (χ1n) is 6.79. The lowest BCUT2D eigenvalue weighted by Gasteiger charge is -2.27. The van der Waals surface area contributed by atoms with Gasteiger partial charge in [0.05, 0.1) is 5.92 Å². The maximum atomic E-state index is 11.0. The zero-order chi connectivity index (χ0) is 13.2. The van der Waals surface area contributed by atoms with Crippen LogP contribution in [-0.4, -0.2) is 40.2 Å². The number of carboxylic acid groups (broad SMARTS) is 1. The minimum atomic E-state index is -0.718. The molecule has 0 spiro atoms. The highest BCUT2D eigenvalue weighted by Gasteiger charge is 2.29. The van der Waals surface area contributed by atoms with Crippen LogP contribution in [-0.2, 0) is 4.79 Å². The van der Waals surface area contributed by atoms with E-state index in [9.17, 15) is 4.79 Å². The van der Waals surface area contributed by atoms with E-state index >= 15 is 0 Å². The van der Waals surface area contributed by atoms with Crippen LogP contribution in [0.3, 0.4) is 0 Å². The molecular formula is C13H18N4O2. The van der Waals surface area contributed by atoms with Crippen molar-refractivity contribution in [3.63, 3.8) is 0 Å². The van der Waals surface area contributed by atoms with Crippen LogP contribution in [0.4, 0.5) is 11.6 Å². The van der Waals surface area contributed by atoms with Crippen molar-refractivity contribution in [3.05, 3.63) is 12.4 Å². The molecule has 6 heteroatoms. The van der Waals surface area contributed by atoms with Gasteiger partial charge in [0.2, 0.25) is 0 Å². The highest BCUT2D eigenvalue weighted by molar-refractivity contribution is 5.72. The summed E-state index contributed by atoms with van der Waals surface area (Å²) in [6.45, 7) is 1.28. The Morgan fingerprint density at radius 1 is 1.37 bits per heavy atom. The number of carboxylic acids is 1. The van der Waals surface area contributed by atoms with E-state index in [0.29, 0.717) is 19.0 Å². The van der Waals surface area contributed by atoms with Crippen LogP contribution in [0.25, 0.3) is 0 Å². The van der Waals surface area contributed by atoms with E-state index in [1.807, 2.05) is 11.0 Å². The molecule has 0 bridgehead atoms. The molecule has 0 radical (unpaired) electrons. The van der Waals surface area contributed by atoms with Crippen molar-refractivity contribution < 1.29 is 9.90 Å². The van der Waals surface area contributed by atoms with Crippen LogP contribution in [0, 0.1) is 5.92 Å². The third-order valence-electron chi connectivity index (χ3n) is 3.97. The van der Waals surface area contributed by atoms with Gasteiger partial charge in [0.15, 0.2) is 0 Å². The molecule has 1 aromatic rings. The SMILES string of the molecule is O=C(O)C1CCN(c2cc(NC3CCC3)ncn2)C1. The maximum Gasteiger partial charge on any atom is 0.308 e. The lowest BCUT2D eigenvalue weighted by molar-refractivity contribution is -0.140. The Bertz CT molecular complexity index is 475. The Morgan fingerprint density at radius 2 is 2.21 bits per heavy atom. The number of aromatic nitrogens is 2. The Labute approximate surface area is 111 Å². The molecule has 1 saturated heterocycles. The summed E-state index contributed by atoms with van der Waals surface area (Å²) in [4.78, 5) is 21.5. The van der Waals surface area contributed by atoms with Crippen molar-refractivity contribution in [2.75, 3.05) is 23.3 Å². The molecule has 2 N–H and O–H groups in total. The van der Waals surface area contributed by atoms with Crippen molar-refractivity contribution in [3.8, 4) is 0 Å². The molecule has 6 nitrogen and oxygen atoms in total. The molecule has 1 aromatic heterocycles. The third-order valence-corrected chi connectivity index (χ3v) is 3.97. The number of hydrogen-bond donors (Lipinski definition) is 2. The first-order valence-corrected chi connectivity index (χ1v) is 6.79. The summed E-state index contributed by atoms with van der Waals surface area (Å²) in [6.07, 6.45) is 5.91. The van der Waals surface area contributed by atoms with Crippen LogP contribution in [0.15, 0.2) is 12.4 Å². The average molecular weight is 262 g/mol. The molecule has 2 heterocycles. The number of aliphatic carboxylic acids is 1. The Morgan fingerprint density at radius 3 is 2.84 bits per heavy atom. The van der Waals surface area contributed by atoms with Gasteiger partial charge in [0.25, 0.3) is 0 Å². The number of rotatable bonds is 4. The fraction of sp³-hybridized carbons (Fsp3) is 0.615. The van der Waals surface area contributed by atoms with Gasteiger partial charge in [-0.2, -0.15) is 0 Å². The quantitative estimate of drug-likeness (QED) is 0.853. The fourth-order valence-corrected chi connectivity index (χ4v) is 2.53. The average Bonchev–Trinajstić information content (AvgIpc) is 2.84. The third kappa shape index (κ3) is 2.62. The molecule has 1 aliphatic heterocycles. The van der Waals surface area contributed by atoms with Gasteiger partial charge in [0.1, 0.15) is 18.0 Å². The number of nitrogens with one attached hydrogen (secondary N) is 1. The van der Waals surface area contributed by atoms with Crippen molar-refractivity contribution in [2.24, 2.45) is 5.92 Å². The van der Waals surface area contributed by atoms with Crippen LogP contribution in [0.1, 0.15) is 25.7 Å². The lowest BCUT2D eigenvalue weighted by atomic mass is 9.93. The van der Waals surface area contributed by atoms with Gasteiger partial charge in [-0.15, -0.1) is 0 Å². The molecular weight excluding hydrogens is 244 g/mol. The van der Waals surface area contributed by atoms with Gasteiger partial charge in [-0.1, -0.05) is 0 Å². The topological polar surface area (TPSA) is 78.4 Å². The van der Waals surface area contributed by atoms with E-state index in [-0.39, 0.29) is 5.92 Å². The second kappa shape index (κ2) is 5.03. The second-order valence-corrected chi connectivity index (χ2v) is 5.30. The molecule has 0 amide bonds. The van der Waals surface area contributed by atoms with Gasteiger partial charge < -0.3 is 15.3 Å². The van der Waals surface area contributed by atoms with Gasteiger partial charge in [0, 0.05) is 25.2 Å². The van der Waals surface area contributed by atoms with E-state index in [4.69, 9.17) is 5.11 Å². The van der Waals surface area contributed by atoms with E-state index in [0.717, 1.165) is 18.2 Å². The number of hydrogen-bond acceptors (Lipinski definition) is 5. The predicted molar refractivity (Wildman–Crippen MR) is 71.2 cm³/mol. The number of carbonyl (C=O) groups is 1. The molecule has 0 aromatic carbocycles. The molecule has 3 rings (SSSR count). The highest BCUT2D eigenvalue weighted by Crippen LogP contribution is 2.26. The molecule has 2 aliphatic rings. The van der Waals surface area contributed by atoms with Gasteiger partial charge in [-0.3, -0.25) is 4.79 Å². The normalized spacial score (nSPS) is 23.2. The summed E-state index contributed by atoms with van der Waals surface area (Å²) >= 11 is 0. The highest BCUT2D eigenvalue weighted by atomic mass is 16.4. The van der Waals surface area contributed by atoms with Gasteiger partial charge in [-0.05, 0) is 25.7 Å². The van der Waals surface area contributed by atoms with E-state index in [1.54, 1.807) is 6.33 Å². The predicted octanol–water partition coefficient (Wildman–Crippen LogP) is 1.35. The monoisotopic (exact) mass is 262 g/mol. The Kier molecular flexibility index (Phi) is 3.23. The van der Waals surface area contributed by atoms with Crippen LogP contribution < -0.4 is 10.2 Å². The van der Waals surface area contributed by atoms with E-state index in [2.05, 4.69) is 15.3 Å². The first kappa shape index (κ1) is 12.2. The van der Waals surface area contributed by atoms with Crippen LogP contribution in [0.5, 0.6) is 0 Å². The summed E-state index contributed by atoms with van der Waals surface area (Å²) in [5.74, 6) is 0.663. The van der Waals surface area contributed by atoms with E-state index in [1.165, 1.54) is 19.3 Å². The standard InChI is InChI=1S/C13H18N4O2/c18-13(19)9-4-5-17(7-9)12-6-11(14-8-15-12)16-10-2-1-3-10/h6,8-10H,1-5,7H2,(H,18,19)(H,14,15,16). The minimum absolute atomic E-state index is 0.280.